The second-order valence-electron chi connectivity index (χ2n) is 13.7. The zero-order valence-corrected chi connectivity index (χ0v) is 28.8. The number of phenolic OH excluding ortho intramolecular Hbond substituents is 2. The number of benzene rings is 2. The van der Waals surface area contributed by atoms with Crippen molar-refractivity contribution in [3.63, 3.8) is 0 Å². The van der Waals surface area contributed by atoms with Gasteiger partial charge in [-0.2, -0.15) is 11.8 Å². The van der Waals surface area contributed by atoms with Crippen LogP contribution in [0.4, 0.5) is 0 Å². The van der Waals surface area contributed by atoms with E-state index in [2.05, 4.69) is 87.0 Å². The van der Waals surface area contributed by atoms with Gasteiger partial charge in [0.05, 0.1) is 0 Å². The fourth-order valence-corrected chi connectivity index (χ4v) is 5.24. The van der Waals surface area contributed by atoms with Gasteiger partial charge in [0, 0.05) is 12.2 Å². The Hall–Kier alpha value is -2.03. The van der Waals surface area contributed by atoms with E-state index < -0.39 is 0 Å². The third-order valence-electron chi connectivity index (χ3n) is 7.11. The molecule has 0 spiro atoms. The van der Waals surface area contributed by atoms with E-state index in [9.17, 15) is 10.2 Å². The van der Waals surface area contributed by atoms with Gasteiger partial charge < -0.3 is 21.4 Å². The van der Waals surface area contributed by atoms with Crippen LogP contribution >= 0.6 is 0 Å². The van der Waals surface area contributed by atoms with Crippen molar-refractivity contribution in [1.29, 1.82) is 3.91 Å². The number of hydrogen-bond donors (Lipinski definition) is 3. The quantitative estimate of drug-likeness (QED) is 0.277. The molecule has 2 aromatic carbocycles. The second-order valence-corrected chi connectivity index (χ2v) is 13.7. The Morgan fingerprint density at radius 2 is 1.45 bits per heavy atom. The number of ether oxygens (including phenoxy) is 1. The molecule has 0 aromatic heterocycles. The summed E-state index contributed by atoms with van der Waals surface area (Å²) in [5.41, 5.74) is 4.43. The van der Waals surface area contributed by atoms with Gasteiger partial charge >= 0.3 is 23.5 Å². The molecule has 2 atom stereocenters. The fraction of sp³-hybridized carbons (Fsp3) is 0.486. The van der Waals surface area contributed by atoms with Gasteiger partial charge in [0.25, 0.3) is 0 Å². The molecule has 1 heterocycles. The van der Waals surface area contributed by atoms with Gasteiger partial charge in [-0.05, 0) is 33.4 Å². The van der Waals surface area contributed by atoms with Crippen LogP contribution in [-0.4, -0.2) is 16.8 Å². The molecule has 1 fully saturated rings. The van der Waals surface area contributed by atoms with Gasteiger partial charge in [0.2, 0.25) is 0 Å². The molecule has 1 aliphatic carbocycles. The summed E-state index contributed by atoms with van der Waals surface area (Å²) in [5, 5.41) is 22.7. The molecule has 4 nitrogen and oxygen atoms in total. The summed E-state index contributed by atoms with van der Waals surface area (Å²) in [7, 11) is 0. The van der Waals surface area contributed by atoms with Crippen LogP contribution in [0, 0.1) is 28.3 Å². The van der Waals surface area contributed by atoms with Gasteiger partial charge in [-0.25, -0.2) is 6.61 Å². The molecule has 1 aliphatic heterocycles. The summed E-state index contributed by atoms with van der Waals surface area (Å²) in [6.07, 6.45) is 11.1. The minimum atomic E-state index is -0.160. The second kappa shape index (κ2) is 14.2. The van der Waals surface area contributed by atoms with E-state index in [0.29, 0.717) is 11.5 Å². The molecule has 0 radical (unpaired) electrons. The monoisotopic (exact) mass is 715 g/mol. The predicted molar refractivity (Wildman–Crippen MR) is 163 cm³/mol. The Kier molecular flexibility index (Phi) is 12.2. The van der Waals surface area contributed by atoms with Crippen LogP contribution in [0.2, 0.25) is 0 Å². The van der Waals surface area contributed by atoms with E-state index in [4.69, 9.17) is 8.65 Å². The molecule has 1 saturated heterocycles. The van der Waals surface area contributed by atoms with Crippen LogP contribution in [0.3, 0.4) is 0 Å². The molecule has 1 unspecified atom stereocenters. The van der Waals surface area contributed by atoms with Crippen molar-refractivity contribution in [2.45, 2.75) is 91.9 Å². The molecule has 3 N–H and O–H groups in total. The molecule has 4 rings (SSSR count). The number of allylic oxidation sites excluding steroid dienone is 4. The number of phenols is 2. The van der Waals surface area contributed by atoms with E-state index in [1.165, 1.54) is 6.42 Å². The van der Waals surface area contributed by atoms with E-state index in [1.54, 1.807) is 0 Å². The Labute approximate surface area is 254 Å². The fourth-order valence-electron chi connectivity index (χ4n) is 5.24. The van der Waals surface area contributed by atoms with Crippen molar-refractivity contribution < 1.29 is 34.6 Å². The number of nitrogens with one attached hydrogen (secondary N) is 1. The molecule has 0 amide bonds. The molecule has 2 aliphatic rings. The Morgan fingerprint density at radius 3 is 1.93 bits per heavy atom. The van der Waals surface area contributed by atoms with Gasteiger partial charge in [-0.3, -0.25) is 0 Å². The standard InChI is InChI=1S/C31H41O2.C4H7O.HN.W/c1-29(2,3)19-24-20(22-15-11-17-25(27(22)32)30(4,5)6)13-10-14-21(24)23-16-12-18-26(28(23)33)31(7,8)9;1-2-4-5-3-1;;/h10-20,24,32-33H,1-9H3;3H,1-2,4H2;1H;/q2*-1;;/t20?,24-;;;/m0.../s1. The average Bonchev–Trinajstić information content (AvgIpc) is 3.44. The van der Waals surface area contributed by atoms with E-state index in [-0.39, 0.29) is 28.1 Å². The molecule has 220 valence electrons. The normalized spacial score (nSPS) is 19.2. The van der Waals surface area contributed by atoms with Crippen molar-refractivity contribution in [1.82, 2.24) is 0 Å². The number of hydrogen-bond acceptors (Lipinski definition) is 4. The van der Waals surface area contributed by atoms with E-state index in [1.807, 2.05) is 43.0 Å². The van der Waals surface area contributed by atoms with Crippen molar-refractivity contribution in [3.05, 3.63) is 89.9 Å². The summed E-state index contributed by atoms with van der Waals surface area (Å²) in [6.45, 7) is 22.2. The molecule has 5 heteroatoms. The van der Waals surface area contributed by atoms with Crippen molar-refractivity contribution in [2.75, 3.05) is 6.61 Å². The predicted octanol–water partition coefficient (Wildman–Crippen LogP) is 9.55. The maximum absolute atomic E-state index is 11.3. The molecule has 2 aromatic rings. The Balaban J connectivity index is 0.000000706. The zero-order chi connectivity index (χ0) is 30.3. The van der Waals surface area contributed by atoms with Crippen molar-refractivity contribution in [3.8, 4) is 11.5 Å². The van der Waals surface area contributed by atoms with Gasteiger partial charge in [0.1, 0.15) is 11.5 Å². The van der Waals surface area contributed by atoms with Crippen molar-refractivity contribution in [2.24, 2.45) is 11.3 Å². The molecular weight excluding hydrogens is 666 g/mol. The SMILES string of the molecule is CC(C)(C)[CH-][C@@H]1C(c2cccc(C(C)(C)C)c2O)=CC=CC1c1cccc(C(C)(C)C)c1O.[CH-]1CCCO1.[NH]=[W]. The van der Waals surface area contributed by atoms with Crippen LogP contribution < -0.4 is 0 Å². The summed E-state index contributed by atoms with van der Waals surface area (Å²) >= 11 is 0.833. The first-order valence-electron chi connectivity index (χ1n) is 14.1. The third kappa shape index (κ3) is 8.98. The van der Waals surface area contributed by atoms with E-state index in [0.717, 1.165) is 60.5 Å². The summed E-state index contributed by atoms with van der Waals surface area (Å²) in [4.78, 5) is 0. The molecule has 40 heavy (non-hydrogen) atoms. The summed E-state index contributed by atoms with van der Waals surface area (Å²) in [6, 6.07) is 12.2. The summed E-state index contributed by atoms with van der Waals surface area (Å²) < 4.78 is 10.7. The summed E-state index contributed by atoms with van der Waals surface area (Å²) in [5.74, 6) is 0.715. The van der Waals surface area contributed by atoms with Gasteiger partial charge in [-0.1, -0.05) is 129 Å². The van der Waals surface area contributed by atoms with Gasteiger partial charge in [-0.15, -0.1) is 5.92 Å². The number of rotatable bonds is 3. The zero-order valence-electron chi connectivity index (χ0n) is 25.8. The average molecular weight is 716 g/mol. The minimum absolute atomic E-state index is 0.0113. The van der Waals surface area contributed by atoms with Crippen LogP contribution in [0.1, 0.15) is 103 Å². The maximum atomic E-state index is 11.3. The van der Waals surface area contributed by atoms with E-state index >= 15 is 0 Å². The third-order valence-corrected chi connectivity index (χ3v) is 7.11. The molecular formula is C35H49NO3W-2. The van der Waals surface area contributed by atoms with Crippen molar-refractivity contribution >= 4 is 5.57 Å². The Morgan fingerprint density at radius 1 is 0.875 bits per heavy atom. The number of para-hydroxylation sites is 2. The van der Waals surface area contributed by atoms with Crippen LogP contribution in [0.5, 0.6) is 11.5 Å². The number of aromatic hydroxyl groups is 2. The molecule has 0 saturated carbocycles. The van der Waals surface area contributed by atoms with Crippen LogP contribution in [0.15, 0.2) is 54.6 Å². The topological polar surface area (TPSA) is 73.5 Å². The molecule has 0 bridgehead atoms. The van der Waals surface area contributed by atoms with Crippen LogP contribution in [0.25, 0.3) is 5.57 Å². The first kappa shape index (κ1) is 34.2. The van der Waals surface area contributed by atoms with Gasteiger partial charge in [0.15, 0.2) is 0 Å². The van der Waals surface area contributed by atoms with Crippen LogP contribution in [-0.2, 0) is 35.2 Å². The Bertz CT molecular complexity index is 1170. The first-order chi connectivity index (χ1) is 18.6. The first-order valence-corrected chi connectivity index (χ1v) is 15.6.